The average Bonchev–Trinajstić information content (AvgIpc) is 2.37. The highest BCUT2D eigenvalue weighted by Gasteiger charge is 2.27. The molecule has 0 fully saturated rings. The lowest BCUT2D eigenvalue weighted by Gasteiger charge is -2.22. The number of hydrogen-bond acceptors (Lipinski definition) is 5. The number of carbonyl (C=O) groups is 1. The Morgan fingerprint density at radius 3 is 2.89 bits per heavy atom. The van der Waals surface area contributed by atoms with Gasteiger partial charge in [0, 0.05) is 6.07 Å². The first-order valence-electron chi connectivity index (χ1n) is 5.53. The molecule has 0 amide bonds. The normalized spacial score (nSPS) is 13.3. The summed E-state index contributed by atoms with van der Waals surface area (Å²) in [5.41, 5.74) is 0.328. The van der Waals surface area contributed by atoms with Gasteiger partial charge < -0.3 is 19.5 Å². The highest BCUT2D eigenvalue weighted by Crippen LogP contribution is 2.44. The second-order valence-corrected chi connectivity index (χ2v) is 4.15. The maximum absolute atomic E-state index is 12.1. The van der Waals surface area contributed by atoms with E-state index in [0.717, 1.165) is 0 Å². The van der Waals surface area contributed by atoms with Crippen LogP contribution in [0.3, 0.4) is 0 Å². The minimum atomic E-state index is -0.154. The Kier molecular flexibility index (Phi) is 3.93. The van der Waals surface area contributed by atoms with Gasteiger partial charge in [0.1, 0.15) is 18.8 Å². The molecule has 2 rings (SSSR count). The van der Waals surface area contributed by atoms with E-state index < -0.39 is 0 Å². The number of ether oxygens (including phenoxy) is 3. The minimum absolute atomic E-state index is 0.154. The molecule has 5 nitrogen and oxygen atoms in total. The maximum Gasteiger partial charge on any atom is 0.184 e. The van der Waals surface area contributed by atoms with Crippen LogP contribution in [0.1, 0.15) is 10.4 Å². The van der Waals surface area contributed by atoms with E-state index in [1.54, 1.807) is 13.1 Å². The number of benzene rings is 1. The third-order valence-corrected chi connectivity index (χ3v) is 2.84. The van der Waals surface area contributed by atoms with Crippen molar-refractivity contribution in [2.45, 2.75) is 0 Å². The van der Waals surface area contributed by atoms with Gasteiger partial charge in [0.25, 0.3) is 0 Å². The first kappa shape index (κ1) is 13.0. The van der Waals surface area contributed by atoms with Crippen molar-refractivity contribution in [3.05, 3.63) is 16.7 Å². The van der Waals surface area contributed by atoms with Crippen LogP contribution in [-0.2, 0) is 0 Å². The monoisotopic (exact) mass is 271 g/mol. The van der Waals surface area contributed by atoms with E-state index in [4.69, 9.17) is 25.8 Å². The fourth-order valence-electron chi connectivity index (χ4n) is 1.84. The molecule has 0 aromatic heterocycles. The molecule has 0 spiro atoms. The highest BCUT2D eigenvalue weighted by atomic mass is 35.5. The van der Waals surface area contributed by atoms with Crippen LogP contribution in [0.25, 0.3) is 0 Å². The lowest BCUT2D eigenvalue weighted by molar-refractivity contribution is 0.0978. The number of halogens is 1. The summed E-state index contributed by atoms with van der Waals surface area (Å²) in [6.07, 6.45) is 0. The maximum atomic E-state index is 12.1. The summed E-state index contributed by atoms with van der Waals surface area (Å²) in [6.45, 7) is 1.01. The van der Waals surface area contributed by atoms with Gasteiger partial charge in [0.15, 0.2) is 23.0 Å². The molecule has 0 aliphatic carbocycles. The quantitative estimate of drug-likeness (QED) is 0.842. The molecule has 0 bridgehead atoms. The van der Waals surface area contributed by atoms with Gasteiger partial charge in [0.05, 0.1) is 18.7 Å². The number of nitrogens with one attached hydrogen (secondary N) is 1. The fraction of sp³-hybridized carbons (Fsp3) is 0.417. The summed E-state index contributed by atoms with van der Waals surface area (Å²) in [5.74, 6) is 1.05. The second-order valence-electron chi connectivity index (χ2n) is 3.74. The molecule has 1 aromatic rings. The summed E-state index contributed by atoms with van der Waals surface area (Å²) >= 11 is 6.08. The van der Waals surface area contributed by atoms with E-state index in [1.807, 2.05) is 0 Å². The van der Waals surface area contributed by atoms with Crippen molar-refractivity contribution in [1.29, 1.82) is 0 Å². The van der Waals surface area contributed by atoms with Gasteiger partial charge >= 0.3 is 0 Å². The van der Waals surface area contributed by atoms with E-state index in [-0.39, 0.29) is 12.3 Å². The molecule has 0 saturated heterocycles. The number of methoxy groups -OCH3 is 1. The molecule has 1 N–H and O–H groups in total. The van der Waals surface area contributed by atoms with Crippen molar-refractivity contribution < 1.29 is 19.0 Å². The number of Topliss-reactive ketones (excluding diaryl/α,β-unsaturated/α-hetero) is 1. The smallest absolute Gasteiger partial charge is 0.184 e. The van der Waals surface area contributed by atoms with E-state index in [9.17, 15) is 4.79 Å². The molecule has 0 saturated carbocycles. The number of ketones is 1. The van der Waals surface area contributed by atoms with Crippen molar-refractivity contribution in [2.75, 3.05) is 33.9 Å². The van der Waals surface area contributed by atoms with Gasteiger partial charge in [-0.1, -0.05) is 11.6 Å². The van der Waals surface area contributed by atoms with E-state index in [1.165, 1.54) is 7.11 Å². The zero-order valence-electron chi connectivity index (χ0n) is 10.2. The molecule has 98 valence electrons. The summed E-state index contributed by atoms with van der Waals surface area (Å²) < 4.78 is 16.1. The predicted molar refractivity (Wildman–Crippen MR) is 67.3 cm³/mol. The van der Waals surface area contributed by atoms with Crippen LogP contribution in [-0.4, -0.2) is 39.7 Å². The molecule has 1 aromatic carbocycles. The van der Waals surface area contributed by atoms with E-state index >= 15 is 0 Å². The van der Waals surface area contributed by atoms with Gasteiger partial charge in [-0.05, 0) is 7.05 Å². The summed E-state index contributed by atoms with van der Waals surface area (Å²) in [5, 5.41) is 3.13. The summed E-state index contributed by atoms with van der Waals surface area (Å²) in [4.78, 5) is 12.1. The zero-order chi connectivity index (χ0) is 13.1. The number of rotatable bonds is 4. The van der Waals surface area contributed by atoms with Crippen LogP contribution in [0, 0.1) is 0 Å². The first-order chi connectivity index (χ1) is 8.69. The van der Waals surface area contributed by atoms with Gasteiger partial charge in [0.2, 0.25) is 0 Å². The molecule has 1 aliphatic heterocycles. The molecular formula is C12H14ClNO4. The number of fused-ring (bicyclic) bond motifs is 1. The Morgan fingerprint density at radius 2 is 2.22 bits per heavy atom. The Balaban J connectivity index is 2.58. The van der Waals surface area contributed by atoms with Crippen molar-refractivity contribution in [2.24, 2.45) is 0 Å². The van der Waals surface area contributed by atoms with E-state index in [2.05, 4.69) is 5.32 Å². The standard InChI is InChI=1S/C12H14ClNO4/c1-14-6-8(15)10-11(16-2)7(13)5-9-12(10)18-4-3-17-9/h5,14H,3-4,6H2,1-2H3. The van der Waals surface area contributed by atoms with Crippen LogP contribution >= 0.6 is 11.6 Å². The molecule has 0 atom stereocenters. The van der Waals surface area contributed by atoms with Crippen LogP contribution in [0.15, 0.2) is 6.07 Å². The highest BCUT2D eigenvalue weighted by molar-refractivity contribution is 6.33. The molecule has 1 heterocycles. The Hall–Kier alpha value is -1.46. The van der Waals surface area contributed by atoms with Crippen molar-refractivity contribution in [3.8, 4) is 17.2 Å². The van der Waals surface area contributed by atoms with Crippen LogP contribution in [0.4, 0.5) is 0 Å². The number of likely N-dealkylation sites (N-methyl/N-ethyl adjacent to an activating group) is 1. The largest absolute Gasteiger partial charge is 0.494 e. The molecule has 1 aliphatic rings. The lowest BCUT2D eigenvalue weighted by atomic mass is 10.1. The Labute approximate surface area is 110 Å². The van der Waals surface area contributed by atoms with E-state index in [0.29, 0.717) is 41.0 Å². The zero-order valence-corrected chi connectivity index (χ0v) is 11.0. The van der Waals surface area contributed by atoms with Gasteiger partial charge in [-0.3, -0.25) is 4.79 Å². The number of carbonyl (C=O) groups excluding carboxylic acids is 1. The Morgan fingerprint density at radius 1 is 1.50 bits per heavy atom. The summed E-state index contributed by atoms with van der Waals surface area (Å²) in [7, 11) is 3.16. The first-order valence-corrected chi connectivity index (χ1v) is 5.90. The number of hydrogen-bond donors (Lipinski definition) is 1. The minimum Gasteiger partial charge on any atom is -0.494 e. The molecule has 0 unspecified atom stereocenters. The Bertz CT molecular complexity index is 476. The molecule has 0 radical (unpaired) electrons. The molecule has 6 heteroatoms. The summed E-state index contributed by atoms with van der Waals surface area (Å²) in [6, 6.07) is 1.60. The van der Waals surface area contributed by atoms with Crippen LogP contribution in [0.5, 0.6) is 17.2 Å². The molecule has 18 heavy (non-hydrogen) atoms. The van der Waals surface area contributed by atoms with Crippen molar-refractivity contribution >= 4 is 17.4 Å². The van der Waals surface area contributed by atoms with Crippen LogP contribution < -0.4 is 19.5 Å². The fourth-order valence-corrected chi connectivity index (χ4v) is 2.11. The predicted octanol–water partition coefficient (Wildman–Crippen LogP) is 1.52. The van der Waals surface area contributed by atoms with Gasteiger partial charge in [-0.2, -0.15) is 0 Å². The third-order valence-electron chi connectivity index (χ3n) is 2.56. The van der Waals surface area contributed by atoms with Crippen LogP contribution in [0.2, 0.25) is 5.02 Å². The molecular weight excluding hydrogens is 258 g/mol. The van der Waals surface area contributed by atoms with Gasteiger partial charge in [-0.15, -0.1) is 0 Å². The lowest BCUT2D eigenvalue weighted by Crippen LogP contribution is -2.23. The topological polar surface area (TPSA) is 56.8 Å². The van der Waals surface area contributed by atoms with Crippen molar-refractivity contribution in [3.63, 3.8) is 0 Å². The second kappa shape index (κ2) is 5.46. The third kappa shape index (κ3) is 2.23. The average molecular weight is 272 g/mol. The van der Waals surface area contributed by atoms with Crippen molar-refractivity contribution in [1.82, 2.24) is 5.32 Å². The van der Waals surface area contributed by atoms with Gasteiger partial charge in [-0.25, -0.2) is 0 Å². The SMILES string of the molecule is CNCC(=O)c1c(OC)c(Cl)cc2c1OCCO2.